The zero-order chi connectivity index (χ0) is 12.4. The maximum atomic E-state index is 13.6. The minimum atomic E-state index is -0.244. The molecule has 3 aromatic rings. The Morgan fingerprint density at radius 1 is 1.00 bits per heavy atom. The number of hydrogen-bond donors (Lipinski definition) is 0. The topological polar surface area (TPSA) is 30.7 Å². The molecule has 88 valence electrons. The summed E-state index contributed by atoms with van der Waals surface area (Å²) in [6.07, 6.45) is 6.84. The summed E-state index contributed by atoms with van der Waals surface area (Å²) in [7, 11) is 0. The maximum Gasteiger partial charge on any atom is 0.131 e. The van der Waals surface area contributed by atoms with Crippen molar-refractivity contribution < 1.29 is 4.39 Å². The van der Waals surface area contributed by atoms with Gasteiger partial charge in [-0.3, -0.25) is 4.98 Å². The standard InChI is InChI=1S/C14H10FN3/c15-14-4-2-1-3-13(14)11-9-17-18(10-11)12-5-7-16-8-6-12/h1-10H. The van der Waals surface area contributed by atoms with Crippen molar-refractivity contribution in [2.24, 2.45) is 0 Å². The summed E-state index contributed by atoms with van der Waals surface area (Å²) in [5.41, 5.74) is 2.20. The van der Waals surface area contributed by atoms with Gasteiger partial charge in [0.1, 0.15) is 5.82 Å². The molecule has 0 unspecified atom stereocenters. The number of rotatable bonds is 2. The summed E-state index contributed by atoms with van der Waals surface area (Å²) < 4.78 is 15.3. The molecule has 2 heterocycles. The number of aromatic nitrogens is 3. The summed E-state index contributed by atoms with van der Waals surface area (Å²) in [5, 5.41) is 4.23. The van der Waals surface area contributed by atoms with Crippen LogP contribution >= 0.6 is 0 Å². The Morgan fingerprint density at radius 3 is 2.56 bits per heavy atom. The molecule has 2 aromatic heterocycles. The van der Waals surface area contributed by atoms with E-state index in [1.54, 1.807) is 41.6 Å². The lowest BCUT2D eigenvalue weighted by atomic mass is 10.1. The van der Waals surface area contributed by atoms with Crippen LogP contribution in [-0.4, -0.2) is 14.8 Å². The molecule has 3 nitrogen and oxygen atoms in total. The number of halogens is 1. The van der Waals surface area contributed by atoms with Crippen molar-refractivity contribution in [2.75, 3.05) is 0 Å². The lowest BCUT2D eigenvalue weighted by Crippen LogP contribution is -1.93. The molecule has 0 atom stereocenters. The lowest BCUT2D eigenvalue weighted by molar-refractivity contribution is 0.631. The highest BCUT2D eigenvalue weighted by molar-refractivity contribution is 5.62. The first kappa shape index (κ1) is 10.7. The van der Waals surface area contributed by atoms with Crippen LogP contribution < -0.4 is 0 Å². The van der Waals surface area contributed by atoms with Crippen LogP contribution in [0, 0.1) is 5.82 Å². The van der Waals surface area contributed by atoms with Gasteiger partial charge in [-0.15, -0.1) is 0 Å². The van der Waals surface area contributed by atoms with E-state index < -0.39 is 0 Å². The first-order valence-electron chi connectivity index (χ1n) is 5.54. The molecule has 18 heavy (non-hydrogen) atoms. The Labute approximate surface area is 104 Å². The van der Waals surface area contributed by atoms with Gasteiger partial charge < -0.3 is 0 Å². The van der Waals surface area contributed by atoms with Crippen LogP contribution in [0.3, 0.4) is 0 Å². The Hall–Kier alpha value is -2.49. The van der Waals surface area contributed by atoms with Crippen molar-refractivity contribution in [2.45, 2.75) is 0 Å². The summed E-state index contributed by atoms with van der Waals surface area (Å²) in [6.45, 7) is 0. The highest BCUT2D eigenvalue weighted by Gasteiger charge is 2.07. The number of hydrogen-bond acceptors (Lipinski definition) is 2. The van der Waals surface area contributed by atoms with Crippen LogP contribution in [0.2, 0.25) is 0 Å². The molecule has 0 spiro atoms. The van der Waals surface area contributed by atoms with Crippen molar-refractivity contribution in [3.05, 3.63) is 67.0 Å². The van der Waals surface area contributed by atoms with E-state index in [0.29, 0.717) is 5.56 Å². The van der Waals surface area contributed by atoms with Gasteiger partial charge >= 0.3 is 0 Å². The van der Waals surface area contributed by atoms with Crippen LogP contribution in [0.5, 0.6) is 0 Å². The van der Waals surface area contributed by atoms with Crippen LogP contribution in [0.25, 0.3) is 16.8 Å². The predicted molar refractivity (Wildman–Crippen MR) is 66.8 cm³/mol. The minimum absolute atomic E-state index is 0.244. The number of benzene rings is 1. The molecule has 0 saturated carbocycles. The molecule has 1 aromatic carbocycles. The van der Waals surface area contributed by atoms with Gasteiger partial charge in [-0.2, -0.15) is 5.10 Å². The van der Waals surface area contributed by atoms with Crippen LogP contribution in [0.15, 0.2) is 61.2 Å². The van der Waals surface area contributed by atoms with Crippen LogP contribution in [0.1, 0.15) is 0 Å². The van der Waals surface area contributed by atoms with Gasteiger partial charge in [0, 0.05) is 29.7 Å². The number of nitrogens with zero attached hydrogens (tertiary/aromatic N) is 3. The fourth-order valence-corrected chi connectivity index (χ4v) is 1.80. The van der Waals surface area contributed by atoms with Gasteiger partial charge in [-0.05, 0) is 18.2 Å². The lowest BCUT2D eigenvalue weighted by Gasteiger charge is -2.00. The van der Waals surface area contributed by atoms with E-state index in [-0.39, 0.29) is 5.82 Å². The fraction of sp³-hybridized carbons (Fsp3) is 0. The molecular weight excluding hydrogens is 229 g/mol. The quantitative estimate of drug-likeness (QED) is 0.688. The largest absolute Gasteiger partial charge is 0.265 e. The average molecular weight is 239 g/mol. The molecule has 0 fully saturated rings. The molecular formula is C14H10FN3. The second kappa shape index (κ2) is 4.41. The van der Waals surface area contributed by atoms with Crippen molar-refractivity contribution in [1.82, 2.24) is 14.8 Å². The molecule has 4 heteroatoms. The van der Waals surface area contributed by atoms with E-state index in [9.17, 15) is 4.39 Å². The SMILES string of the molecule is Fc1ccccc1-c1cnn(-c2ccncc2)c1. The smallest absolute Gasteiger partial charge is 0.131 e. The summed E-state index contributed by atoms with van der Waals surface area (Å²) >= 11 is 0. The molecule has 0 radical (unpaired) electrons. The summed E-state index contributed by atoms with van der Waals surface area (Å²) in [5.74, 6) is -0.244. The van der Waals surface area contributed by atoms with E-state index in [0.717, 1.165) is 11.3 Å². The normalized spacial score (nSPS) is 10.5. The van der Waals surface area contributed by atoms with Gasteiger partial charge in [0.05, 0.1) is 11.9 Å². The second-order valence-corrected chi connectivity index (χ2v) is 3.86. The summed E-state index contributed by atoms with van der Waals surface area (Å²) in [6, 6.07) is 10.4. The molecule has 0 aliphatic carbocycles. The third kappa shape index (κ3) is 1.88. The Kier molecular flexibility index (Phi) is 2.61. The maximum absolute atomic E-state index is 13.6. The van der Waals surface area contributed by atoms with E-state index in [1.807, 2.05) is 18.2 Å². The minimum Gasteiger partial charge on any atom is -0.265 e. The van der Waals surface area contributed by atoms with E-state index in [4.69, 9.17) is 0 Å². The fourth-order valence-electron chi connectivity index (χ4n) is 1.80. The van der Waals surface area contributed by atoms with E-state index in [2.05, 4.69) is 10.1 Å². The van der Waals surface area contributed by atoms with Crippen molar-refractivity contribution in [3.63, 3.8) is 0 Å². The average Bonchev–Trinajstić information content (AvgIpc) is 2.90. The van der Waals surface area contributed by atoms with E-state index in [1.165, 1.54) is 6.07 Å². The van der Waals surface area contributed by atoms with Gasteiger partial charge in [0.25, 0.3) is 0 Å². The highest BCUT2D eigenvalue weighted by atomic mass is 19.1. The second-order valence-electron chi connectivity index (χ2n) is 3.86. The van der Waals surface area contributed by atoms with Crippen LogP contribution in [-0.2, 0) is 0 Å². The zero-order valence-corrected chi connectivity index (χ0v) is 9.49. The first-order chi connectivity index (χ1) is 8.84. The van der Waals surface area contributed by atoms with Gasteiger partial charge in [-0.25, -0.2) is 9.07 Å². The van der Waals surface area contributed by atoms with Crippen molar-refractivity contribution >= 4 is 0 Å². The van der Waals surface area contributed by atoms with Gasteiger partial charge in [0.15, 0.2) is 0 Å². The molecule has 0 aliphatic rings. The third-order valence-electron chi connectivity index (χ3n) is 2.69. The van der Waals surface area contributed by atoms with Crippen molar-refractivity contribution in [1.29, 1.82) is 0 Å². The van der Waals surface area contributed by atoms with Gasteiger partial charge in [-0.1, -0.05) is 18.2 Å². The first-order valence-corrected chi connectivity index (χ1v) is 5.54. The van der Waals surface area contributed by atoms with E-state index >= 15 is 0 Å². The third-order valence-corrected chi connectivity index (χ3v) is 2.69. The predicted octanol–water partition coefficient (Wildman–Crippen LogP) is 3.07. The molecule has 0 saturated heterocycles. The summed E-state index contributed by atoms with van der Waals surface area (Å²) in [4.78, 5) is 3.95. The molecule has 0 amide bonds. The highest BCUT2D eigenvalue weighted by Crippen LogP contribution is 2.22. The Bertz CT molecular complexity index is 662. The molecule has 3 rings (SSSR count). The van der Waals surface area contributed by atoms with Crippen LogP contribution in [0.4, 0.5) is 4.39 Å². The zero-order valence-electron chi connectivity index (χ0n) is 9.49. The van der Waals surface area contributed by atoms with Crippen molar-refractivity contribution in [3.8, 4) is 16.8 Å². The Balaban J connectivity index is 2.03. The molecule has 0 aliphatic heterocycles. The number of pyridine rings is 1. The molecule has 0 N–H and O–H groups in total. The monoisotopic (exact) mass is 239 g/mol. The Morgan fingerprint density at radius 2 is 1.78 bits per heavy atom. The molecule has 0 bridgehead atoms. The van der Waals surface area contributed by atoms with Gasteiger partial charge in [0.2, 0.25) is 0 Å².